The Bertz CT molecular complexity index is 2760. The van der Waals surface area contributed by atoms with Crippen molar-refractivity contribution in [3.8, 4) is 17.2 Å². The SMILES string of the molecule is O=C(N[C@@H](c1ccccc1)c1cccc(OCc2cccc(S(=O)(=O)N3CC(C(=O)O)C3[C@@H](Cc3c(Cl)c[n+]([O-])cc3Cl)c3ccc(OC(F)F)c(OCC4CC4)c3)c2)c1)O[C@H]1CN2CCC1CC2. The van der Waals surface area contributed by atoms with Crippen molar-refractivity contribution in [2.45, 2.75) is 74.3 Å². The summed E-state index contributed by atoms with van der Waals surface area (Å²) < 4.78 is 81.0. The molecule has 4 aliphatic heterocycles. The maximum absolute atomic E-state index is 14.7. The number of ether oxygens (including phenoxy) is 4. The second kappa shape index (κ2) is 20.7. The Morgan fingerprint density at radius 3 is 2.25 bits per heavy atom. The summed E-state index contributed by atoms with van der Waals surface area (Å²) in [5, 5.41) is 25.7. The molecule has 69 heavy (non-hydrogen) atoms. The van der Waals surface area contributed by atoms with Crippen molar-refractivity contribution in [3.63, 3.8) is 0 Å². The predicted octanol–water partition coefficient (Wildman–Crippen LogP) is 8.61. The molecule has 5 aliphatic rings. The van der Waals surface area contributed by atoms with Crippen molar-refractivity contribution in [2.75, 3.05) is 32.8 Å². The molecule has 1 aromatic heterocycles. The second-order valence-corrected chi connectivity index (χ2v) is 20.7. The van der Waals surface area contributed by atoms with Gasteiger partial charge < -0.3 is 34.6 Å². The number of nitrogens with zero attached hydrogens (tertiary/aromatic N) is 3. The second-order valence-electron chi connectivity index (χ2n) is 18.0. The molecule has 4 aromatic carbocycles. The van der Waals surface area contributed by atoms with E-state index in [1.165, 1.54) is 30.3 Å². The number of carbonyl (C=O) groups is 2. The number of pyridine rings is 1. The maximum Gasteiger partial charge on any atom is 0.408 e. The number of alkyl carbamates (subject to hydrolysis) is 1. The number of piperidine rings is 3. The van der Waals surface area contributed by atoms with Gasteiger partial charge in [0.05, 0.1) is 23.5 Å². The van der Waals surface area contributed by atoms with Gasteiger partial charge in [0.1, 0.15) is 28.5 Å². The lowest BCUT2D eigenvalue weighted by molar-refractivity contribution is -0.605. The summed E-state index contributed by atoms with van der Waals surface area (Å²) in [5.41, 5.74) is 2.64. The normalized spacial score (nSPS) is 22.0. The molecule has 1 aliphatic carbocycles. The summed E-state index contributed by atoms with van der Waals surface area (Å²) in [6, 6.07) is 25.2. The third kappa shape index (κ3) is 11.2. The molecule has 19 heteroatoms. The van der Waals surface area contributed by atoms with Crippen LogP contribution < -0.4 is 24.3 Å². The third-order valence-electron chi connectivity index (χ3n) is 13.5. The summed E-state index contributed by atoms with van der Waals surface area (Å²) in [4.78, 5) is 28.5. The largest absolute Gasteiger partial charge is 0.619 e. The van der Waals surface area contributed by atoms with E-state index in [9.17, 15) is 37.1 Å². The lowest BCUT2D eigenvalue weighted by Gasteiger charge is -2.48. The highest BCUT2D eigenvalue weighted by atomic mass is 35.5. The van der Waals surface area contributed by atoms with Gasteiger partial charge in [0.15, 0.2) is 23.9 Å². The number of aromatic nitrogens is 1. The standard InChI is InChI=1S/C50H50Cl2F2N4O10S/c51-41-25-57(62)26-42(52)39(41)23-38(34-14-15-43(67-49(53)54)44(22-34)66-28-30-12-13-30)47-40(48(59)60)24-58(47)69(63,64)37-11-4-6-31(20-37)29-65-36-10-5-9-35(21-36)46(33-7-2-1-3-8-33)55-50(61)68-45-27-56-18-16-32(45)17-19-56/h1-11,14-15,20-22,25-26,30,32,38,40,45-47,49H,12-13,16-19,23-24,27-29H2,(H,55,61)(H,59,60)/t38-,40?,45-,46-,47?/m0/s1. The molecular formula is C50H50Cl2F2N4O10S. The Morgan fingerprint density at radius 2 is 1.57 bits per heavy atom. The van der Waals surface area contributed by atoms with Crippen LogP contribution >= 0.6 is 23.2 Å². The summed E-state index contributed by atoms with van der Waals surface area (Å²) in [5.74, 6) is -2.75. The Labute approximate surface area is 408 Å². The molecule has 1 amide bonds. The molecule has 364 valence electrons. The Kier molecular flexibility index (Phi) is 14.5. The molecule has 1 saturated carbocycles. The van der Waals surface area contributed by atoms with E-state index in [0.29, 0.717) is 27.5 Å². The summed E-state index contributed by atoms with van der Waals surface area (Å²) >= 11 is 13.1. The molecule has 4 saturated heterocycles. The lowest BCUT2D eigenvalue weighted by atomic mass is 9.75. The van der Waals surface area contributed by atoms with E-state index in [-0.39, 0.29) is 70.2 Å². The van der Waals surface area contributed by atoms with Gasteiger partial charge in [-0.15, -0.1) is 0 Å². The number of nitrogens with one attached hydrogen (secondary N) is 1. The van der Waals surface area contributed by atoms with E-state index >= 15 is 0 Å². The van der Waals surface area contributed by atoms with Crippen LogP contribution in [0.15, 0.2) is 114 Å². The van der Waals surface area contributed by atoms with E-state index in [0.717, 1.165) is 73.1 Å². The first-order chi connectivity index (χ1) is 33.2. The zero-order valence-electron chi connectivity index (χ0n) is 37.2. The summed E-state index contributed by atoms with van der Waals surface area (Å²) in [6.07, 6.45) is 5.12. The number of sulfonamides is 1. The average Bonchev–Trinajstić information content (AvgIpc) is 4.15. The van der Waals surface area contributed by atoms with E-state index in [2.05, 4.69) is 10.2 Å². The number of amides is 1. The zero-order chi connectivity index (χ0) is 48.4. The van der Waals surface area contributed by atoms with E-state index in [1.807, 2.05) is 36.4 Å². The number of benzene rings is 4. The van der Waals surface area contributed by atoms with Gasteiger partial charge in [-0.25, -0.2) is 13.2 Å². The zero-order valence-corrected chi connectivity index (χ0v) is 39.5. The number of halogens is 4. The van der Waals surface area contributed by atoms with Crippen LogP contribution in [0.25, 0.3) is 0 Å². The van der Waals surface area contributed by atoms with Crippen LogP contribution in [0.4, 0.5) is 13.6 Å². The Hall–Kier alpha value is -5.72. The molecule has 2 unspecified atom stereocenters. The number of aliphatic carboxylic acids is 1. The van der Waals surface area contributed by atoms with Crippen LogP contribution in [-0.2, 0) is 32.6 Å². The average molecular weight is 1010 g/mol. The minimum absolute atomic E-state index is 0.0276. The highest BCUT2D eigenvalue weighted by Gasteiger charge is 2.54. The monoisotopic (exact) mass is 1010 g/mol. The highest BCUT2D eigenvalue weighted by molar-refractivity contribution is 7.89. The van der Waals surface area contributed by atoms with Gasteiger partial charge in [-0.2, -0.15) is 17.8 Å². The first-order valence-electron chi connectivity index (χ1n) is 22.8. The minimum Gasteiger partial charge on any atom is -0.619 e. The third-order valence-corrected chi connectivity index (χ3v) is 16.0. The Balaban J connectivity index is 0.966. The van der Waals surface area contributed by atoms with Gasteiger partial charge in [0, 0.05) is 30.6 Å². The first-order valence-corrected chi connectivity index (χ1v) is 25.0. The van der Waals surface area contributed by atoms with Gasteiger partial charge >= 0.3 is 18.7 Å². The number of carboxylic acid groups (broad SMARTS) is 1. The van der Waals surface area contributed by atoms with Crippen LogP contribution in [0.1, 0.15) is 65.5 Å². The van der Waals surface area contributed by atoms with Crippen molar-refractivity contribution in [2.24, 2.45) is 17.8 Å². The van der Waals surface area contributed by atoms with Crippen molar-refractivity contribution in [1.29, 1.82) is 0 Å². The summed E-state index contributed by atoms with van der Waals surface area (Å²) in [7, 11) is -4.43. The van der Waals surface area contributed by atoms with Gasteiger partial charge in [-0.1, -0.05) is 83.9 Å². The van der Waals surface area contributed by atoms with E-state index in [4.69, 9.17) is 42.1 Å². The quantitative estimate of drug-likeness (QED) is 0.0600. The first kappa shape index (κ1) is 48.3. The van der Waals surface area contributed by atoms with Gasteiger partial charge in [0.25, 0.3) is 0 Å². The highest BCUT2D eigenvalue weighted by Crippen LogP contribution is 2.46. The molecule has 10 rings (SSSR count). The predicted molar refractivity (Wildman–Crippen MR) is 250 cm³/mol. The van der Waals surface area contributed by atoms with Crippen LogP contribution in [0.5, 0.6) is 17.2 Å². The van der Waals surface area contributed by atoms with Crippen LogP contribution in [0.3, 0.4) is 0 Å². The molecule has 0 spiro atoms. The number of hydrogen-bond acceptors (Lipinski definition) is 10. The number of alkyl halides is 2. The number of carboxylic acids is 1. The molecule has 2 bridgehead atoms. The number of rotatable bonds is 19. The molecule has 5 heterocycles. The molecule has 0 radical (unpaired) electrons. The van der Waals surface area contributed by atoms with Crippen LogP contribution in [-0.4, -0.2) is 86.3 Å². The van der Waals surface area contributed by atoms with Crippen molar-refractivity contribution in [1.82, 2.24) is 14.5 Å². The van der Waals surface area contributed by atoms with Crippen molar-refractivity contribution >= 4 is 45.3 Å². The van der Waals surface area contributed by atoms with Gasteiger partial charge in [0.2, 0.25) is 10.0 Å². The fourth-order valence-electron chi connectivity index (χ4n) is 9.60. The molecular weight excluding hydrogens is 958 g/mol. The smallest absolute Gasteiger partial charge is 0.408 e. The fraction of sp³-hybridized carbons (Fsp3) is 0.380. The minimum atomic E-state index is -4.43. The van der Waals surface area contributed by atoms with Crippen molar-refractivity contribution < 1.29 is 55.6 Å². The van der Waals surface area contributed by atoms with Crippen molar-refractivity contribution in [3.05, 3.63) is 153 Å². The van der Waals surface area contributed by atoms with Gasteiger partial charge in [-0.3, -0.25) is 9.69 Å². The van der Waals surface area contributed by atoms with Crippen LogP contribution in [0, 0.1) is 23.0 Å². The molecule has 5 aromatic rings. The number of hydrogen-bond donors (Lipinski definition) is 2. The number of carbonyl (C=O) groups excluding carboxylic acids is 1. The van der Waals surface area contributed by atoms with Crippen LogP contribution in [0.2, 0.25) is 10.0 Å². The maximum atomic E-state index is 14.7. The fourth-order valence-corrected chi connectivity index (χ4v) is 12.0. The lowest BCUT2D eigenvalue weighted by Crippen LogP contribution is -2.63. The number of fused-ring (bicyclic) bond motifs is 3. The van der Waals surface area contributed by atoms with Gasteiger partial charge in [-0.05, 0) is 116 Å². The van der Waals surface area contributed by atoms with E-state index in [1.54, 1.807) is 30.3 Å². The molecule has 5 atom stereocenters. The molecule has 5 fully saturated rings. The molecule has 14 nitrogen and oxygen atoms in total. The Morgan fingerprint density at radius 1 is 0.841 bits per heavy atom. The topological polar surface area (TPSA) is 171 Å². The molecule has 2 N–H and O–H groups in total. The summed E-state index contributed by atoms with van der Waals surface area (Å²) in [6.45, 7) is -0.622. The van der Waals surface area contributed by atoms with E-state index < -0.39 is 52.6 Å².